The lowest BCUT2D eigenvalue weighted by Gasteiger charge is -2.28. The van der Waals surface area contributed by atoms with Crippen LogP contribution in [0.3, 0.4) is 0 Å². The molecule has 0 radical (unpaired) electrons. The molecule has 2 fully saturated rings. The summed E-state index contributed by atoms with van der Waals surface area (Å²) in [5.74, 6) is 0.102. The maximum atomic E-state index is 13.4. The summed E-state index contributed by atoms with van der Waals surface area (Å²) in [7, 11) is -2.35. The number of methoxy groups -OCH3 is 1. The van der Waals surface area contributed by atoms with Crippen molar-refractivity contribution >= 4 is 15.9 Å². The number of rotatable bonds is 6. The lowest BCUT2D eigenvalue weighted by Crippen LogP contribution is -2.41. The zero-order valence-electron chi connectivity index (χ0n) is 17.7. The Hall–Kier alpha value is -2.42. The molecule has 2 saturated heterocycles. The number of sulfonamides is 1. The van der Waals surface area contributed by atoms with E-state index in [-0.39, 0.29) is 35.7 Å². The molecule has 1 atom stereocenters. The fourth-order valence-electron chi connectivity index (χ4n) is 4.30. The molecular formula is C23H28N2O5S. The number of amides is 1. The first-order valence-electron chi connectivity index (χ1n) is 10.6. The molecule has 2 aliphatic rings. The number of carbonyl (C=O) groups excluding carboxylic acids is 1. The third-order valence-corrected chi connectivity index (χ3v) is 7.87. The average Bonchev–Trinajstić information content (AvgIpc) is 3.27. The van der Waals surface area contributed by atoms with Crippen molar-refractivity contribution in [1.82, 2.24) is 9.21 Å². The van der Waals surface area contributed by atoms with Crippen LogP contribution >= 0.6 is 0 Å². The first-order valence-corrected chi connectivity index (χ1v) is 12.1. The van der Waals surface area contributed by atoms with Crippen molar-refractivity contribution in [3.63, 3.8) is 0 Å². The van der Waals surface area contributed by atoms with Crippen LogP contribution in [0.2, 0.25) is 0 Å². The highest BCUT2D eigenvalue weighted by molar-refractivity contribution is 7.89. The molecule has 2 heterocycles. The van der Waals surface area contributed by atoms with Gasteiger partial charge in [-0.15, -0.1) is 0 Å². The van der Waals surface area contributed by atoms with Gasteiger partial charge in [-0.25, -0.2) is 8.42 Å². The molecule has 1 amide bonds. The van der Waals surface area contributed by atoms with Crippen LogP contribution in [0.4, 0.5) is 0 Å². The van der Waals surface area contributed by atoms with Gasteiger partial charge in [0.15, 0.2) is 0 Å². The smallest absolute Gasteiger partial charge is 0.254 e. The third-order valence-electron chi connectivity index (χ3n) is 5.95. The Morgan fingerprint density at radius 1 is 1.10 bits per heavy atom. The minimum absolute atomic E-state index is 0.0292. The fourth-order valence-corrected chi connectivity index (χ4v) is 5.89. The zero-order valence-corrected chi connectivity index (χ0v) is 18.5. The van der Waals surface area contributed by atoms with Crippen molar-refractivity contribution in [2.24, 2.45) is 0 Å². The lowest BCUT2D eigenvalue weighted by molar-refractivity contribution is 0.0727. The predicted octanol–water partition coefficient (Wildman–Crippen LogP) is 2.56. The van der Waals surface area contributed by atoms with E-state index in [4.69, 9.17) is 9.47 Å². The SMILES string of the molecule is COc1ccc(C(=O)N2CCCC2Cc2ccccc2)cc1S(=O)(=O)N1CCOCC1. The van der Waals surface area contributed by atoms with Gasteiger partial charge < -0.3 is 14.4 Å². The number of nitrogens with zero attached hydrogens (tertiary/aromatic N) is 2. The molecule has 7 nitrogen and oxygen atoms in total. The Balaban J connectivity index is 1.60. The van der Waals surface area contributed by atoms with Gasteiger partial charge >= 0.3 is 0 Å². The molecule has 2 aliphatic heterocycles. The van der Waals surface area contributed by atoms with E-state index in [1.54, 1.807) is 12.1 Å². The summed E-state index contributed by atoms with van der Waals surface area (Å²) in [6.07, 6.45) is 2.68. The van der Waals surface area contributed by atoms with E-state index in [1.807, 2.05) is 23.1 Å². The summed E-state index contributed by atoms with van der Waals surface area (Å²) in [6.45, 7) is 1.96. The largest absolute Gasteiger partial charge is 0.495 e. The Kier molecular flexibility index (Phi) is 6.60. The Morgan fingerprint density at radius 3 is 2.55 bits per heavy atom. The Bertz CT molecular complexity index is 1020. The van der Waals surface area contributed by atoms with Crippen molar-refractivity contribution < 1.29 is 22.7 Å². The summed E-state index contributed by atoms with van der Waals surface area (Å²) in [5, 5.41) is 0. The van der Waals surface area contributed by atoms with Gasteiger partial charge in [-0.1, -0.05) is 30.3 Å². The van der Waals surface area contributed by atoms with Crippen LogP contribution in [0.1, 0.15) is 28.8 Å². The fraction of sp³-hybridized carbons (Fsp3) is 0.435. The molecule has 0 aliphatic carbocycles. The number of likely N-dealkylation sites (tertiary alicyclic amines) is 1. The standard InChI is InChI=1S/C23H28N2O5S/c1-29-21-10-9-19(17-22(21)31(27,28)24-12-14-30-15-13-24)23(26)25-11-5-8-20(25)16-18-6-3-2-4-7-18/h2-4,6-7,9-10,17,20H,5,8,11-16H2,1H3. The second-order valence-corrected chi connectivity index (χ2v) is 9.77. The quantitative estimate of drug-likeness (QED) is 0.685. The highest BCUT2D eigenvalue weighted by Crippen LogP contribution is 2.30. The molecule has 4 rings (SSSR count). The van der Waals surface area contributed by atoms with E-state index in [9.17, 15) is 13.2 Å². The Labute approximate surface area is 183 Å². The van der Waals surface area contributed by atoms with E-state index in [1.165, 1.54) is 23.0 Å². The van der Waals surface area contributed by atoms with Crippen molar-refractivity contribution in [3.8, 4) is 5.75 Å². The van der Waals surface area contributed by atoms with Crippen LogP contribution < -0.4 is 4.74 Å². The number of morpholine rings is 1. The monoisotopic (exact) mass is 444 g/mol. The van der Waals surface area contributed by atoms with Crippen LogP contribution in [-0.2, 0) is 21.2 Å². The Morgan fingerprint density at radius 2 is 1.84 bits per heavy atom. The van der Waals surface area contributed by atoms with Crippen LogP contribution in [0.5, 0.6) is 5.75 Å². The maximum Gasteiger partial charge on any atom is 0.254 e. The summed E-state index contributed by atoms with van der Waals surface area (Å²) >= 11 is 0. The second kappa shape index (κ2) is 9.38. The summed E-state index contributed by atoms with van der Waals surface area (Å²) in [5.41, 5.74) is 1.56. The molecule has 166 valence electrons. The molecule has 0 spiro atoms. The van der Waals surface area contributed by atoms with E-state index in [0.717, 1.165) is 19.3 Å². The minimum atomic E-state index is -3.79. The molecule has 0 bridgehead atoms. The van der Waals surface area contributed by atoms with Gasteiger partial charge in [-0.2, -0.15) is 4.31 Å². The summed E-state index contributed by atoms with van der Waals surface area (Å²) in [4.78, 5) is 15.3. The van der Waals surface area contributed by atoms with Crippen molar-refractivity contribution in [2.75, 3.05) is 40.0 Å². The van der Waals surface area contributed by atoms with Crippen molar-refractivity contribution in [2.45, 2.75) is 30.2 Å². The van der Waals surface area contributed by atoms with Gasteiger partial charge in [-0.3, -0.25) is 4.79 Å². The number of carbonyl (C=O) groups is 1. The number of hydrogen-bond donors (Lipinski definition) is 0. The first kappa shape index (κ1) is 21.8. The van der Waals surface area contributed by atoms with Gasteiger partial charge in [-0.05, 0) is 43.0 Å². The summed E-state index contributed by atoms with van der Waals surface area (Å²) < 4.78 is 38.5. The molecule has 0 N–H and O–H groups in total. The van der Waals surface area contributed by atoms with Gasteiger partial charge in [0.2, 0.25) is 10.0 Å². The zero-order chi connectivity index (χ0) is 21.8. The van der Waals surface area contributed by atoms with Crippen LogP contribution in [0, 0.1) is 0 Å². The van der Waals surface area contributed by atoms with Gasteiger partial charge in [0, 0.05) is 31.2 Å². The third kappa shape index (κ3) is 4.61. The number of hydrogen-bond acceptors (Lipinski definition) is 5. The van der Waals surface area contributed by atoms with Crippen molar-refractivity contribution in [1.29, 1.82) is 0 Å². The molecule has 0 saturated carbocycles. The average molecular weight is 445 g/mol. The second-order valence-electron chi connectivity index (χ2n) is 7.87. The van der Waals surface area contributed by atoms with Gasteiger partial charge in [0.25, 0.3) is 5.91 Å². The van der Waals surface area contributed by atoms with E-state index < -0.39 is 10.0 Å². The molecule has 2 aromatic carbocycles. The van der Waals surface area contributed by atoms with Crippen LogP contribution in [0.15, 0.2) is 53.4 Å². The first-order chi connectivity index (χ1) is 15.0. The van der Waals surface area contributed by atoms with E-state index in [0.29, 0.717) is 25.3 Å². The molecule has 1 unspecified atom stereocenters. The number of ether oxygens (including phenoxy) is 2. The topological polar surface area (TPSA) is 76.2 Å². The molecule has 8 heteroatoms. The maximum absolute atomic E-state index is 13.4. The number of benzene rings is 2. The van der Waals surface area contributed by atoms with E-state index in [2.05, 4.69) is 12.1 Å². The molecule has 2 aromatic rings. The van der Waals surface area contributed by atoms with Crippen molar-refractivity contribution in [3.05, 3.63) is 59.7 Å². The molecule has 0 aromatic heterocycles. The normalized spacial score (nSPS) is 20.0. The van der Waals surface area contributed by atoms with Crippen LogP contribution in [0.25, 0.3) is 0 Å². The van der Waals surface area contributed by atoms with Crippen LogP contribution in [-0.4, -0.2) is 69.5 Å². The van der Waals surface area contributed by atoms with Gasteiger partial charge in [0.05, 0.1) is 20.3 Å². The summed E-state index contributed by atoms with van der Waals surface area (Å²) in [6, 6.07) is 14.9. The van der Waals surface area contributed by atoms with E-state index >= 15 is 0 Å². The minimum Gasteiger partial charge on any atom is -0.495 e. The molecular weight excluding hydrogens is 416 g/mol. The molecule has 31 heavy (non-hydrogen) atoms. The highest BCUT2D eigenvalue weighted by Gasteiger charge is 2.33. The predicted molar refractivity (Wildman–Crippen MR) is 117 cm³/mol. The highest BCUT2D eigenvalue weighted by atomic mass is 32.2. The van der Waals surface area contributed by atoms with Gasteiger partial charge in [0.1, 0.15) is 10.6 Å². The lowest BCUT2D eigenvalue weighted by atomic mass is 10.0.